The zero-order valence-corrected chi connectivity index (χ0v) is 11.1. The van der Waals surface area contributed by atoms with Crippen LogP contribution in [0.2, 0.25) is 5.02 Å². The van der Waals surface area contributed by atoms with E-state index < -0.39 is 11.9 Å². The Morgan fingerprint density at radius 2 is 2.32 bits per heavy atom. The van der Waals surface area contributed by atoms with Gasteiger partial charge in [-0.25, -0.2) is 4.39 Å². The highest BCUT2D eigenvalue weighted by atomic mass is 35.5. The number of likely N-dealkylation sites (tertiary alicyclic amines) is 1. The third-order valence-electron chi connectivity index (χ3n) is 3.10. The van der Waals surface area contributed by atoms with Crippen LogP contribution in [0.25, 0.3) is 6.08 Å². The number of hydrogen-bond donors (Lipinski definition) is 1. The molecule has 1 aromatic rings. The van der Waals surface area contributed by atoms with Crippen molar-refractivity contribution >= 4 is 23.6 Å². The Morgan fingerprint density at radius 1 is 1.53 bits per heavy atom. The second-order valence-electron chi connectivity index (χ2n) is 4.55. The summed E-state index contributed by atoms with van der Waals surface area (Å²) >= 11 is 5.87. The first-order valence-electron chi connectivity index (χ1n) is 6.17. The van der Waals surface area contributed by atoms with E-state index in [0.29, 0.717) is 19.5 Å². The predicted octanol–water partition coefficient (Wildman–Crippen LogP) is 2.48. The number of aliphatic hydroxyl groups excluding tert-OH is 1. The van der Waals surface area contributed by atoms with E-state index in [9.17, 15) is 14.3 Å². The number of benzene rings is 1. The smallest absolute Gasteiger partial charge is 0.246 e. The standard InChI is InChI=1S/C14H15ClFNO2/c15-12-4-1-5-13(16)11(12)6-7-14(19)17-8-2-3-10(18)9-17/h1,4-7,10,18H,2-3,8-9H2/b7-6+. The summed E-state index contributed by atoms with van der Waals surface area (Å²) in [6, 6.07) is 4.37. The molecule has 0 saturated carbocycles. The number of halogens is 2. The van der Waals surface area contributed by atoms with Crippen molar-refractivity contribution < 1.29 is 14.3 Å². The van der Waals surface area contributed by atoms with Gasteiger partial charge in [-0.1, -0.05) is 17.7 Å². The normalized spacial score (nSPS) is 19.9. The Balaban J connectivity index is 2.08. The average molecular weight is 284 g/mol. The molecule has 1 saturated heterocycles. The molecular weight excluding hydrogens is 269 g/mol. The summed E-state index contributed by atoms with van der Waals surface area (Å²) in [5, 5.41) is 9.77. The van der Waals surface area contributed by atoms with E-state index in [1.807, 2.05) is 0 Å². The van der Waals surface area contributed by atoms with Crippen LogP contribution >= 0.6 is 11.6 Å². The molecule has 5 heteroatoms. The number of hydrogen-bond acceptors (Lipinski definition) is 2. The van der Waals surface area contributed by atoms with E-state index in [1.54, 1.807) is 11.0 Å². The molecule has 0 aromatic heterocycles. The van der Waals surface area contributed by atoms with Crippen LogP contribution in [0.1, 0.15) is 18.4 Å². The van der Waals surface area contributed by atoms with Gasteiger partial charge >= 0.3 is 0 Å². The number of carbonyl (C=O) groups excluding carboxylic acids is 1. The van der Waals surface area contributed by atoms with Gasteiger partial charge in [-0.2, -0.15) is 0 Å². The molecule has 0 bridgehead atoms. The molecule has 0 radical (unpaired) electrons. The summed E-state index contributed by atoms with van der Waals surface area (Å²) in [4.78, 5) is 13.5. The summed E-state index contributed by atoms with van der Waals surface area (Å²) in [5.41, 5.74) is 0.204. The maximum Gasteiger partial charge on any atom is 0.246 e. The lowest BCUT2D eigenvalue weighted by Gasteiger charge is -2.29. The van der Waals surface area contributed by atoms with Crippen LogP contribution < -0.4 is 0 Å². The molecule has 1 aliphatic rings. The summed E-state index contributed by atoms with van der Waals surface area (Å²) in [6.45, 7) is 0.944. The Kier molecular flexibility index (Phi) is 4.56. The van der Waals surface area contributed by atoms with Crippen LogP contribution in [0.5, 0.6) is 0 Å². The van der Waals surface area contributed by atoms with Crippen molar-refractivity contribution in [3.63, 3.8) is 0 Å². The molecule has 2 rings (SSSR count). The summed E-state index contributed by atoms with van der Waals surface area (Å²) in [7, 11) is 0. The number of piperidine rings is 1. The molecule has 1 fully saturated rings. The van der Waals surface area contributed by atoms with E-state index in [4.69, 9.17) is 11.6 Å². The third-order valence-corrected chi connectivity index (χ3v) is 3.43. The van der Waals surface area contributed by atoms with Gasteiger partial charge in [0, 0.05) is 24.7 Å². The lowest BCUT2D eigenvalue weighted by atomic mass is 10.1. The van der Waals surface area contributed by atoms with Crippen molar-refractivity contribution in [1.82, 2.24) is 4.90 Å². The minimum absolute atomic E-state index is 0.204. The van der Waals surface area contributed by atoms with Gasteiger partial charge in [-0.3, -0.25) is 4.79 Å². The van der Waals surface area contributed by atoms with Gasteiger partial charge in [0.15, 0.2) is 0 Å². The minimum atomic E-state index is -0.469. The van der Waals surface area contributed by atoms with E-state index in [1.165, 1.54) is 24.3 Å². The molecule has 102 valence electrons. The van der Waals surface area contributed by atoms with Gasteiger partial charge in [0.2, 0.25) is 5.91 Å². The topological polar surface area (TPSA) is 40.5 Å². The van der Waals surface area contributed by atoms with E-state index in [-0.39, 0.29) is 16.5 Å². The second-order valence-corrected chi connectivity index (χ2v) is 4.96. The Bertz CT molecular complexity index is 484. The molecule has 1 unspecified atom stereocenters. The van der Waals surface area contributed by atoms with Crippen LogP contribution in [-0.2, 0) is 4.79 Å². The highest BCUT2D eigenvalue weighted by Crippen LogP contribution is 2.20. The molecule has 1 heterocycles. The second kappa shape index (κ2) is 6.17. The first kappa shape index (κ1) is 14.0. The molecule has 1 N–H and O–H groups in total. The Hall–Kier alpha value is -1.39. The third kappa shape index (κ3) is 3.55. The van der Waals surface area contributed by atoms with Crippen LogP contribution in [-0.4, -0.2) is 35.1 Å². The Labute approximate surface area is 116 Å². The molecule has 1 amide bonds. The van der Waals surface area contributed by atoms with E-state index in [0.717, 1.165) is 6.42 Å². The molecule has 1 aromatic carbocycles. The minimum Gasteiger partial charge on any atom is -0.391 e. The van der Waals surface area contributed by atoms with Gasteiger partial charge in [-0.15, -0.1) is 0 Å². The molecule has 1 atom stereocenters. The highest BCUT2D eigenvalue weighted by molar-refractivity contribution is 6.32. The number of aliphatic hydroxyl groups is 1. The number of rotatable bonds is 2. The first-order valence-corrected chi connectivity index (χ1v) is 6.55. The molecule has 1 aliphatic heterocycles. The van der Waals surface area contributed by atoms with Crippen molar-refractivity contribution in [3.8, 4) is 0 Å². The van der Waals surface area contributed by atoms with Crippen LogP contribution in [0.3, 0.4) is 0 Å². The quantitative estimate of drug-likeness (QED) is 0.847. The zero-order valence-electron chi connectivity index (χ0n) is 10.4. The van der Waals surface area contributed by atoms with Crippen molar-refractivity contribution in [2.24, 2.45) is 0 Å². The Morgan fingerprint density at radius 3 is 3.00 bits per heavy atom. The molecule has 0 spiro atoms. The van der Waals surface area contributed by atoms with Crippen molar-refractivity contribution in [2.75, 3.05) is 13.1 Å². The van der Waals surface area contributed by atoms with E-state index in [2.05, 4.69) is 0 Å². The van der Waals surface area contributed by atoms with Gasteiger partial charge in [0.1, 0.15) is 5.82 Å². The number of carbonyl (C=O) groups is 1. The highest BCUT2D eigenvalue weighted by Gasteiger charge is 2.20. The van der Waals surface area contributed by atoms with Gasteiger partial charge < -0.3 is 10.0 Å². The number of β-amino-alcohol motifs (C(OH)–C–C–N with tert-alkyl or cyclic N) is 1. The van der Waals surface area contributed by atoms with E-state index >= 15 is 0 Å². The fraction of sp³-hybridized carbons (Fsp3) is 0.357. The monoisotopic (exact) mass is 283 g/mol. The summed E-state index contributed by atoms with van der Waals surface area (Å²) in [5.74, 6) is -0.701. The predicted molar refractivity (Wildman–Crippen MR) is 72.3 cm³/mol. The van der Waals surface area contributed by atoms with Crippen LogP contribution in [0, 0.1) is 5.82 Å². The zero-order chi connectivity index (χ0) is 13.8. The number of nitrogens with zero attached hydrogens (tertiary/aromatic N) is 1. The molecule has 3 nitrogen and oxygen atoms in total. The fourth-order valence-electron chi connectivity index (χ4n) is 2.08. The number of amides is 1. The SMILES string of the molecule is O=C(/C=C/c1c(F)cccc1Cl)N1CCCC(O)C1. The maximum atomic E-state index is 13.5. The van der Waals surface area contributed by atoms with Crippen molar-refractivity contribution in [1.29, 1.82) is 0 Å². The maximum absolute atomic E-state index is 13.5. The fourth-order valence-corrected chi connectivity index (χ4v) is 2.31. The van der Waals surface area contributed by atoms with Crippen LogP contribution in [0.15, 0.2) is 24.3 Å². The van der Waals surface area contributed by atoms with Crippen LogP contribution in [0.4, 0.5) is 4.39 Å². The van der Waals surface area contributed by atoms with Crippen molar-refractivity contribution in [2.45, 2.75) is 18.9 Å². The lowest BCUT2D eigenvalue weighted by Crippen LogP contribution is -2.41. The van der Waals surface area contributed by atoms with Crippen molar-refractivity contribution in [3.05, 3.63) is 40.7 Å². The van der Waals surface area contributed by atoms with Gasteiger partial charge in [0.25, 0.3) is 0 Å². The molecular formula is C14H15ClFNO2. The van der Waals surface area contributed by atoms with Gasteiger partial charge in [0.05, 0.1) is 11.1 Å². The first-order chi connectivity index (χ1) is 9.08. The molecule has 19 heavy (non-hydrogen) atoms. The van der Waals surface area contributed by atoms with Gasteiger partial charge in [-0.05, 0) is 31.1 Å². The largest absolute Gasteiger partial charge is 0.391 e. The average Bonchev–Trinajstić information content (AvgIpc) is 2.38. The summed E-state index contributed by atoms with van der Waals surface area (Å²) in [6.07, 6.45) is 3.69. The summed E-state index contributed by atoms with van der Waals surface area (Å²) < 4.78 is 13.5. The molecule has 0 aliphatic carbocycles. The lowest BCUT2D eigenvalue weighted by molar-refractivity contribution is -0.128.